The maximum absolute atomic E-state index is 12.1. The minimum Gasteiger partial charge on any atom is -0.490 e. The van der Waals surface area contributed by atoms with E-state index in [2.05, 4.69) is 33.7 Å². The van der Waals surface area contributed by atoms with Gasteiger partial charge in [0.2, 0.25) is 5.91 Å². The molecule has 33 heavy (non-hydrogen) atoms. The maximum Gasteiger partial charge on any atom is 0.221 e. The van der Waals surface area contributed by atoms with Crippen LogP contribution < -0.4 is 15.8 Å². The van der Waals surface area contributed by atoms with Crippen molar-refractivity contribution in [2.24, 2.45) is 5.73 Å². The van der Waals surface area contributed by atoms with Gasteiger partial charge in [-0.05, 0) is 62.4 Å². The third-order valence-corrected chi connectivity index (χ3v) is 6.58. The molecular formula is C25H27N5O2S. The zero-order chi connectivity index (χ0) is 23.4. The smallest absolute Gasteiger partial charge is 0.221 e. The molecule has 0 spiro atoms. The number of benzene rings is 2. The molecule has 2 aromatic carbocycles. The summed E-state index contributed by atoms with van der Waals surface area (Å²) in [6, 6.07) is 13.9. The lowest BCUT2D eigenvalue weighted by Gasteiger charge is -2.27. The largest absolute Gasteiger partial charge is 0.490 e. The lowest BCUT2D eigenvalue weighted by molar-refractivity contribution is -0.121. The Morgan fingerprint density at radius 1 is 1.30 bits per heavy atom. The Balaban J connectivity index is 1.64. The quantitative estimate of drug-likeness (QED) is 0.540. The number of carbonyl (C=O) groups excluding carboxylic acids is 1. The summed E-state index contributed by atoms with van der Waals surface area (Å²) in [7, 11) is 0. The van der Waals surface area contributed by atoms with Crippen molar-refractivity contribution < 1.29 is 9.53 Å². The van der Waals surface area contributed by atoms with Gasteiger partial charge in [-0.3, -0.25) is 4.79 Å². The molecule has 1 heterocycles. The van der Waals surface area contributed by atoms with E-state index in [1.807, 2.05) is 32.0 Å². The van der Waals surface area contributed by atoms with Gasteiger partial charge in [0, 0.05) is 24.1 Å². The first-order chi connectivity index (χ1) is 16.0. The molecule has 0 aliphatic heterocycles. The van der Waals surface area contributed by atoms with Gasteiger partial charge in [-0.15, -0.1) is 10.2 Å². The number of carbonyl (C=O) groups is 1. The molecule has 1 aliphatic rings. The first-order valence-electron chi connectivity index (χ1n) is 11.2. The first kappa shape index (κ1) is 22.9. The summed E-state index contributed by atoms with van der Waals surface area (Å²) in [5.41, 5.74) is 10.2. The highest BCUT2D eigenvalue weighted by Crippen LogP contribution is 2.39. The van der Waals surface area contributed by atoms with E-state index in [1.54, 1.807) is 6.07 Å². The van der Waals surface area contributed by atoms with Crippen molar-refractivity contribution in [1.82, 2.24) is 15.5 Å². The van der Waals surface area contributed by atoms with Crippen LogP contribution in [0.2, 0.25) is 0 Å². The average Bonchev–Trinajstić information content (AvgIpc) is 3.29. The Bertz CT molecular complexity index is 1200. The Kier molecular flexibility index (Phi) is 7.02. The van der Waals surface area contributed by atoms with E-state index in [0.29, 0.717) is 24.3 Å². The third-order valence-electron chi connectivity index (χ3n) is 5.58. The van der Waals surface area contributed by atoms with Crippen LogP contribution in [0.4, 0.5) is 0 Å². The molecule has 7 nitrogen and oxygen atoms in total. The van der Waals surface area contributed by atoms with Gasteiger partial charge >= 0.3 is 0 Å². The fraction of sp³-hybridized carbons (Fsp3) is 0.360. The zero-order valence-electron chi connectivity index (χ0n) is 18.8. The second-order valence-electron chi connectivity index (χ2n) is 8.33. The van der Waals surface area contributed by atoms with Crippen LogP contribution in [0, 0.1) is 11.3 Å². The predicted octanol–water partition coefficient (Wildman–Crippen LogP) is 4.37. The molecule has 3 aromatic rings. The van der Waals surface area contributed by atoms with Crippen molar-refractivity contribution in [2.75, 3.05) is 6.54 Å². The van der Waals surface area contributed by atoms with Crippen LogP contribution in [-0.2, 0) is 11.2 Å². The summed E-state index contributed by atoms with van der Waals surface area (Å²) in [6.45, 7) is 4.21. The number of nitrogens with one attached hydrogen (secondary N) is 1. The van der Waals surface area contributed by atoms with Crippen molar-refractivity contribution in [3.8, 4) is 33.0 Å². The van der Waals surface area contributed by atoms with Gasteiger partial charge in [0.1, 0.15) is 21.8 Å². The second kappa shape index (κ2) is 10.1. The Hall–Kier alpha value is -3.28. The van der Waals surface area contributed by atoms with Crippen LogP contribution in [0.1, 0.15) is 55.8 Å². The summed E-state index contributed by atoms with van der Waals surface area (Å²) in [4.78, 5) is 12.1. The highest BCUT2D eigenvalue weighted by molar-refractivity contribution is 7.17. The molecule has 0 saturated carbocycles. The molecule has 0 radical (unpaired) electrons. The van der Waals surface area contributed by atoms with Crippen LogP contribution in [0.3, 0.4) is 0 Å². The number of rotatable bonds is 7. The van der Waals surface area contributed by atoms with E-state index < -0.39 is 0 Å². The van der Waals surface area contributed by atoms with E-state index in [1.165, 1.54) is 16.9 Å². The lowest BCUT2D eigenvalue weighted by atomic mass is 9.85. The van der Waals surface area contributed by atoms with E-state index in [9.17, 15) is 10.1 Å². The summed E-state index contributed by atoms with van der Waals surface area (Å²) in [5.74, 6) is 0.554. The van der Waals surface area contributed by atoms with Gasteiger partial charge in [0.25, 0.3) is 0 Å². The fourth-order valence-electron chi connectivity index (χ4n) is 4.15. The maximum atomic E-state index is 12.1. The molecular weight excluding hydrogens is 434 g/mol. The Morgan fingerprint density at radius 3 is 2.88 bits per heavy atom. The summed E-state index contributed by atoms with van der Waals surface area (Å²) < 4.78 is 5.72. The Morgan fingerprint density at radius 2 is 2.12 bits per heavy atom. The van der Waals surface area contributed by atoms with Gasteiger partial charge in [-0.1, -0.05) is 29.5 Å². The number of fused-ring (bicyclic) bond motifs is 1. The molecule has 1 atom stereocenters. The molecule has 1 amide bonds. The van der Waals surface area contributed by atoms with Crippen LogP contribution in [0.25, 0.3) is 21.1 Å². The van der Waals surface area contributed by atoms with Gasteiger partial charge in [-0.2, -0.15) is 5.26 Å². The summed E-state index contributed by atoms with van der Waals surface area (Å²) in [6.07, 6.45) is 3.16. The number of nitriles is 1. The number of aromatic nitrogens is 2. The lowest BCUT2D eigenvalue weighted by Crippen LogP contribution is -2.32. The number of hydrogen-bond donors (Lipinski definition) is 2. The number of hydrogen-bond acceptors (Lipinski definition) is 7. The number of amides is 1. The van der Waals surface area contributed by atoms with Crippen LogP contribution in [0.15, 0.2) is 36.4 Å². The Labute approximate surface area is 197 Å². The van der Waals surface area contributed by atoms with E-state index in [0.717, 1.165) is 46.0 Å². The number of nitrogens with two attached hydrogens (primary N) is 1. The fourth-order valence-corrected chi connectivity index (χ4v) is 5.04. The molecule has 8 heteroatoms. The minimum absolute atomic E-state index is 0.00756. The summed E-state index contributed by atoms with van der Waals surface area (Å²) >= 11 is 1.50. The first-order valence-corrected chi connectivity index (χ1v) is 12.0. The van der Waals surface area contributed by atoms with Gasteiger partial charge in [0.15, 0.2) is 0 Å². The van der Waals surface area contributed by atoms with E-state index in [4.69, 9.17) is 10.5 Å². The van der Waals surface area contributed by atoms with Crippen molar-refractivity contribution in [2.45, 2.75) is 51.7 Å². The van der Waals surface area contributed by atoms with Crippen molar-refractivity contribution in [3.05, 3.63) is 53.1 Å². The van der Waals surface area contributed by atoms with Gasteiger partial charge < -0.3 is 15.8 Å². The average molecular weight is 462 g/mol. The third kappa shape index (κ3) is 5.05. The minimum atomic E-state index is -0.0165. The summed E-state index contributed by atoms with van der Waals surface area (Å²) in [5, 5.41) is 23.1. The molecule has 170 valence electrons. The number of nitrogens with zero attached hydrogens (tertiary/aromatic N) is 3. The molecule has 0 fully saturated rings. The van der Waals surface area contributed by atoms with Crippen molar-refractivity contribution >= 4 is 17.2 Å². The molecule has 1 aliphatic carbocycles. The van der Waals surface area contributed by atoms with E-state index in [-0.39, 0.29) is 18.1 Å². The molecule has 0 saturated heterocycles. The topological polar surface area (TPSA) is 114 Å². The van der Waals surface area contributed by atoms with Crippen molar-refractivity contribution in [1.29, 1.82) is 5.26 Å². The molecule has 3 N–H and O–H groups in total. The normalized spacial score (nSPS) is 15.1. The van der Waals surface area contributed by atoms with Gasteiger partial charge in [0.05, 0.1) is 17.7 Å². The predicted molar refractivity (Wildman–Crippen MR) is 129 cm³/mol. The van der Waals surface area contributed by atoms with E-state index >= 15 is 0 Å². The molecule has 1 unspecified atom stereocenters. The highest BCUT2D eigenvalue weighted by atomic mass is 32.1. The van der Waals surface area contributed by atoms with Crippen LogP contribution >= 0.6 is 11.3 Å². The molecule has 0 bridgehead atoms. The SMILES string of the molecule is CC(C)Oc1ccc(-c2nnc(-c3cccc4c3CCCC4NC(=O)CCN)s2)cc1C#N. The highest BCUT2D eigenvalue weighted by Gasteiger charge is 2.25. The van der Waals surface area contributed by atoms with Gasteiger partial charge in [-0.25, -0.2) is 0 Å². The van der Waals surface area contributed by atoms with Crippen molar-refractivity contribution in [3.63, 3.8) is 0 Å². The second-order valence-corrected chi connectivity index (χ2v) is 9.30. The number of ether oxygens (including phenoxy) is 1. The standard InChI is InChI=1S/C25H27N5O2S/c1-15(2)32-22-10-9-16(13-17(22)14-27)24-29-30-25(33-24)20-7-3-6-19-18(20)5-4-8-21(19)28-23(31)11-12-26/h3,6-7,9-10,13,15,21H,4-5,8,11-12,26H2,1-2H3,(H,28,31). The zero-order valence-corrected chi connectivity index (χ0v) is 19.6. The monoisotopic (exact) mass is 461 g/mol. The van der Waals surface area contributed by atoms with Crippen LogP contribution in [0.5, 0.6) is 5.75 Å². The molecule has 1 aromatic heterocycles. The molecule has 4 rings (SSSR count). The van der Waals surface area contributed by atoms with Crippen LogP contribution in [-0.4, -0.2) is 28.8 Å².